The summed E-state index contributed by atoms with van der Waals surface area (Å²) in [6.07, 6.45) is 12.3. The van der Waals surface area contributed by atoms with Crippen LogP contribution in [0.3, 0.4) is 0 Å². The van der Waals surface area contributed by atoms with Gasteiger partial charge in [-0.3, -0.25) is 14.4 Å². The fourth-order valence-corrected chi connectivity index (χ4v) is 10.0. The molecule has 0 unspecified atom stereocenters. The van der Waals surface area contributed by atoms with Crippen molar-refractivity contribution >= 4 is 39.4 Å². The van der Waals surface area contributed by atoms with Crippen LogP contribution >= 0.6 is 0 Å². The van der Waals surface area contributed by atoms with Crippen molar-refractivity contribution in [3.05, 3.63) is 84.1 Å². The highest BCUT2D eigenvalue weighted by Crippen LogP contribution is 2.61. The van der Waals surface area contributed by atoms with Crippen LogP contribution in [0, 0.1) is 23.2 Å². The highest BCUT2D eigenvalue weighted by Gasteiger charge is 2.52. The van der Waals surface area contributed by atoms with Gasteiger partial charge in [0.2, 0.25) is 17.7 Å². The van der Waals surface area contributed by atoms with Gasteiger partial charge in [-0.05, 0) is 115 Å². The number of aromatic nitrogens is 1. The lowest BCUT2D eigenvalue weighted by Gasteiger charge is -2.57. The Bertz CT molecular complexity index is 1810. The van der Waals surface area contributed by atoms with Crippen LogP contribution in [0.15, 0.2) is 72.9 Å². The van der Waals surface area contributed by atoms with E-state index >= 15 is 0 Å². The Morgan fingerprint density at radius 1 is 0.863 bits per heavy atom. The van der Waals surface area contributed by atoms with Crippen molar-refractivity contribution in [1.82, 2.24) is 20.5 Å². The minimum absolute atomic E-state index is 0.00248. The number of unbranched alkanes of at least 4 members (excludes halogenated alkanes) is 1. The van der Waals surface area contributed by atoms with Crippen LogP contribution in [0.5, 0.6) is 0 Å². The van der Waals surface area contributed by atoms with Gasteiger partial charge in [0.1, 0.15) is 0 Å². The highest BCUT2D eigenvalue weighted by molar-refractivity contribution is 5.88. The monoisotopic (exact) mass is 690 g/mol. The topological polar surface area (TPSA) is 146 Å². The Morgan fingerprint density at radius 2 is 1.55 bits per heavy atom. The number of amides is 3. The summed E-state index contributed by atoms with van der Waals surface area (Å²) >= 11 is 0. The smallest absolute Gasteiger partial charge is 0.239 e. The second kappa shape index (κ2) is 15.6. The van der Waals surface area contributed by atoms with E-state index in [1.807, 2.05) is 48.7 Å². The summed E-state index contributed by atoms with van der Waals surface area (Å²) in [6.45, 7) is 1.07. The molecule has 0 aliphatic heterocycles. The van der Waals surface area contributed by atoms with Crippen LogP contribution in [0.4, 0.5) is 0 Å². The van der Waals surface area contributed by atoms with E-state index in [0.717, 1.165) is 82.7 Å². The van der Waals surface area contributed by atoms with Gasteiger partial charge in [-0.2, -0.15) is 0 Å². The van der Waals surface area contributed by atoms with Crippen LogP contribution in [0.25, 0.3) is 21.7 Å². The van der Waals surface area contributed by atoms with Crippen LogP contribution in [0.1, 0.15) is 75.3 Å². The molecule has 51 heavy (non-hydrogen) atoms. The molecule has 1 heterocycles. The fraction of sp³-hybridized carbons (Fsp3) is 0.500. The second-order valence-electron chi connectivity index (χ2n) is 15.9. The Hall–Kier alpha value is -4.21. The van der Waals surface area contributed by atoms with Crippen LogP contribution in [-0.4, -0.2) is 59.3 Å². The van der Waals surface area contributed by atoms with E-state index in [1.54, 1.807) is 4.90 Å². The molecule has 8 rings (SSSR count). The normalized spacial score (nSPS) is 23.3. The number of nitrogens with two attached hydrogens (primary N) is 2. The molecule has 4 aromatic rings. The maximum atomic E-state index is 14.5. The molecule has 0 saturated heterocycles. The lowest BCUT2D eigenvalue weighted by molar-refractivity contribution is -0.143. The summed E-state index contributed by atoms with van der Waals surface area (Å²) in [4.78, 5) is 46.9. The Labute approximate surface area is 301 Å². The van der Waals surface area contributed by atoms with Gasteiger partial charge >= 0.3 is 0 Å². The summed E-state index contributed by atoms with van der Waals surface area (Å²) in [5.41, 5.74) is 15.2. The average molecular weight is 691 g/mol. The maximum absolute atomic E-state index is 14.5. The van der Waals surface area contributed by atoms with Gasteiger partial charge in [-0.15, -0.1) is 0 Å². The molecule has 3 aromatic carbocycles. The molecule has 7 N–H and O–H groups in total. The third kappa shape index (κ3) is 8.31. The fourth-order valence-electron chi connectivity index (χ4n) is 10.0. The standard InChI is InChI=1S/C42H54N6O3/c43-15-6-5-13-37(44)41(51)47-34(19-33-25-45-38-14-4-3-12-36(33)38)26-48(40(50)23-42-20-28-16-29(21-42)18-30(17-28)22-42)27-39(49)46-24-32-10-7-9-31-8-1-2-11-35(31)32/h1-4,7-12,14,25,28-30,34,37,45H,5-6,13,15-24,26-27,43-44H2,(H,46,49)(H,47,51)/t28?,29?,30?,34-,37-,42?/m0/s1. The number of H-pyrrole nitrogens is 1. The molecule has 4 aliphatic carbocycles. The number of fused-ring (bicyclic) bond motifs is 2. The molecule has 1 aromatic heterocycles. The number of nitrogens with zero attached hydrogens (tertiary/aromatic N) is 1. The molecular formula is C42H54N6O3. The van der Waals surface area contributed by atoms with Crippen molar-refractivity contribution in [1.29, 1.82) is 0 Å². The summed E-state index contributed by atoms with van der Waals surface area (Å²) in [7, 11) is 0. The van der Waals surface area contributed by atoms with Gasteiger partial charge in [0.05, 0.1) is 18.6 Å². The van der Waals surface area contributed by atoms with Gasteiger partial charge in [0.15, 0.2) is 0 Å². The number of hydrogen-bond donors (Lipinski definition) is 5. The third-order valence-electron chi connectivity index (χ3n) is 12.0. The zero-order valence-electron chi connectivity index (χ0n) is 29.7. The molecule has 4 fully saturated rings. The number of hydrogen-bond acceptors (Lipinski definition) is 5. The first-order valence-corrected chi connectivity index (χ1v) is 19.1. The van der Waals surface area contributed by atoms with Crippen molar-refractivity contribution in [3.8, 4) is 0 Å². The number of nitrogens with one attached hydrogen (secondary N) is 3. The van der Waals surface area contributed by atoms with Crippen LogP contribution in [-0.2, 0) is 27.3 Å². The molecular weight excluding hydrogens is 637 g/mol. The van der Waals surface area contributed by atoms with E-state index in [0.29, 0.717) is 32.4 Å². The average Bonchev–Trinajstić information content (AvgIpc) is 3.52. The summed E-state index contributed by atoms with van der Waals surface area (Å²) < 4.78 is 0. The molecule has 3 amide bonds. The zero-order chi connectivity index (χ0) is 35.4. The lowest BCUT2D eigenvalue weighted by atomic mass is 9.49. The number of carbonyl (C=O) groups excluding carboxylic acids is 3. The van der Waals surface area contributed by atoms with E-state index in [1.165, 1.54) is 19.3 Å². The SMILES string of the molecule is NCCCC[C@H](N)C(=O)N[C@@H](Cc1c[nH]c2ccccc12)CN(CC(=O)NCc1cccc2ccccc12)C(=O)CC12CC3CC(CC(C3)C1)C2. The van der Waals surface area contributed by atoms with Gasteiger partial charge in [-0.25, -0.2) is 0 Å². The first-order chi connectivity index (χ1) is 24.8. The quantitative estimate of drug-likeness (QED) is 0.0979. The third-order valence-corrected chi connectivity index (χ3v) is 12.0. The second-order valence-corrected chi connectivity index (χ2v) is 15.9. The van der Waals surface area contributed by atoms with E-state index < -0.39 is 12.1 Å². The van der Waals surface area contributed by atoms with Gasteiger partial charge in [-0.1, -0.05) is 67.1 Å². The molecule has 2 atom stereocenters. The number of benzene rings is 3. The van der Waals surface area contributed by atoms with Crippen molar-refractivity contribution < 1.29 is 14.4 Å². The summed E-state index contributed by atoms with van der Waals surface area (Å²) in [5.74, 6) is 1.70. The molecule has 4 saturated carbocycles. The molecule has 4 aliphatic rings. The Kier molecular flexibility index (Phi) is 10.8. The number of para-hydroxylation sites is 1. The minimum atomic E-state index is -0.679. The predicted molar refractivity (Wildman–Crippen MR) is 202 cm³/mol. The van der Waals surface area contributed by atoms with Crippen LogP contribution < -0.4 is 22.1 Å². The number of rotatable bonds is 16. The molecule has 9 heteroatoms. The number of carbonyl (C=O) groups is 3. The van der Waals surface area contributed by atoms with Crippen molar-refractivity contribution in [2.24, 2.45) is 34.6 Å². The largest absolute Gasteiger partial charge is 0.361 e. The first kappa shape index (κ1) is 35.2. The maximum Gasteiger partial charge on any atom is 0.239 e. The Balaban J connectivity index is 1.12. The lowest BCUT2D eigenvalue weighted by Crippen LogP contribution is -2.54. The first-order valence-electron chi connectivity index (χ1n) is 19.1. The predicted octanol–water partition coefficient (Wildman–Crippen LogP) is 5.56. The molecule has 4 bridgehead atoms. The minimum Gasteiger partial charge on any atom is -0.361 e. The van der Waals surface area contributed by atoms with Crippen molar-refractivity contribution in [2.45, 2.75) is 89.3 Å². The molecule has 0 spiro atoms. The summed E-state index contributed by atoms with van der Waals surface area (Å²) in [5, 5.41) is 9.61. The molecule has 9 nitrogen and oxygen atoms in total. The molecule has 0 radical (unpaired) electrons. The van der Waals surface area contributed by atoms with Crippen LogP contribution in [0.2, 0.25) is 0 Å². The number of aromatic amines is 1. The zero-order valence-corrected chi connectivity index (χ0v) is 29.7. The van der Waals surface area contributed by atoms with Gasteiger partial charge < -0.3 is 32.0 Å². The van der Waals surface area contributed by atoms with E-state index in [2.05, 4.69) is 39.9 Å². The molecule has 270 valence electrons. The van der Waals surface area contributed by atoms with Gasteiger partial charge in [0, 0.05) is 36.6 Å². The van der Waals surface area contributed by atoms with Crippen molar-refractivity contribution in [2.75, 3.05) is 19.6 Å². The van der Waals surface area contributed by atoms with E-state index in [4.69, 9.17) is 11.5 Å². The highest BCUT2D eigenvalue weighted by atomic mass is 16.2. The Morgan fingerprint density at radius 3 is 2.29 bits per heavy atom. The van der Waals surface area contributed by atoms with E-state index in [9.17, 15) is 14.4 Å². The summed E-state index contributed by atoms with van der Waals surface area (Å²) in [6, 6.07) is 21.2. The van der Waals surface area contributed by atoms with Gasteiger partial charge in [0.25, 0.3) is 0 Å². The van der Waals surface area contributed by atoms with Crippen molar-refractivity contribution in [3.63, 3.8) is 0 Å². The van der Waals surface area contributed by atoms with E-state index in [-0.39, 0.29) is 36.2 Å².